The van der Waals surface area contributed by atoms with E-state index >= 15 is 0 Å². The lowest BCUT2D eigenvalue weighted by Gasteiger charge is -2.06. The number of H-pyrrole nitrogens is 1. The van der Waals surface area contributed by atoms with Gasteiger partial charge in [0.25, 0.3) is 5.56 Å². The molecule has 2 aromatic heterocycles. The van der Waals surface area contributed by atoms with Crippen LogP contribution >= 0.6 is 11.3 Å². The minimum atomic E-state index is -0.129. The molecule has 0 saturated carbocycles. The predicted octanol–water partition coefficient (Wildman–Crippen LogP) is 4.46. The number of hydrogen-bond acceptors (Lipinski definition) is 5. The first kappa shape index (κ1) is 18.2. The summed E-state index contributed by atoms with van der Waals surface area (Å²) in [5, 5.41) is 3.75. The number of nitrogens with zero attached hydrogens (tertiary/aromatic N) is 3. The molecule has 0 saturated heterocycles. The monoisotopic (exact) mass is 392 g/mol. The largest absolute Gasteiger partial charge is 0.497 e. The number of aromatic nitrogens is 3. The van der Waals surface area contributed by atoms with Crippen LogP contribution in [0, 0.1) is 20.8 Å². The maximum Gasteiger partial charge on any atom is 0.280 e. The number of fused-ring (bicyclic) bond motifs is 1. The van der Waals surface area contributed by atoms with Gasteiger partial charge in [0.2, 0.25) is 5.13 Å². The van der Waals surface area contributed by atoms with Crippen molar-refractivity contribution in [3.63, 3.8) is 0 Å². The molecular weight excluding hydrogens is 372 g/mol. The van der Waals surface area contributed by atoms with Crippen LogP contribution in [0.2, 0.25) is 0 Å². The molecule has 0 atom stereocenters. The minimum absolute atomic E-state index is 0.129. The molecule has 2 heterocycles. The molecular formula is C21H20N4O2S. The summed E-state index contributed by atoms with van der Waals surface area (Å²) in [4.78, 5) is 21.9. The van der Waals surface area contributed by atoms with Gasteiger partial charge in [0, 0.05) is 11.9 Å². The molecule has 7 heteroatoms. The maximum atomic E-state index is 12.9. The predicted molar refractivity (Wildman–Crippen MR) is 114 cm³/mol. The van der Waals surface area contributed by atoms with Gasteiger partial charge >= 0.3 is 0 Å². The van der Waals surface area contributed by atoms with Crippen molar-refractivity contribution in [1.82, 2.24) is 14.8 Å². The number of nitrogens with one attached hydrogen (secondary N) is 1. The Hall–Kier alpha value is -3.19. The molecule has 0 spiro atoms. The summed E-state index contributed by atoms with van der Waals surface area (Å²) < 4.78 is 7.80. The van der Waals surface area contributed by atoms with Crippen LogP contribution < -0.4 is 10.3 Å². The summed E-state index contributed by atoms with van der Waals surface area (Å²) in [6.45, 7) is 5.89. The Kier molecular flexibility index (Phi) is 4.60. The van der Waals surface area contributed by atoms with Gasteiger partial charge in [0.15, 0.2) is 0 Å². The molecule has 0 aliphatic rings. The molecule has 4 rings (SSSR count). The Morgan fingerprint density at radius 2 is 2.00 bits per heavy atom. The Bertz CT molecular complexity index is 1260. The second-order valence-corrected chi connectivity index (χ2v) is 7.68. The maximum absolute atomic E-state index is 12.9. The van der Waals surface area contributed by atoms with E-state index in [-0.39, 0.29) is 5.56 Å². The molecule has 0 unspecified atom stereocenters. The van der Waals surface area contributed by atoms with Crippen LogP contribution in [0.15, 0.2) is 46.2 Å². The summed E-state index contributed by atoms with van der Waals surface area (Å²) in [7, 11) is 1.64. The highest BCUT2D eigenvalue weighted by molar-refractivity contribution is 7.22. The van der Waals surface area contributed by atoms with Crippen LogP contribution in [0.1, 0.15) is 22.4 Å². The number of aromatic amines is 1. The third-order valence-corrected chi connectivity index (χ3v) is 5.52. The molecule has 1 N–H and O–H groups in total. The number of aliphatic imine (C=N–C) groups is 1. The molecule has 4 aromatic rings. The summed E-state index contributed by atoms with van der Waals surface area (Å²) in [6, 6.07) is 11.7. The van der Waals surface area contributed by atoms with Crippen molar-refractivity contribution in [3.8, 4) is 11.4 Å². The van der Waals surface area contributed by atoms with E-state index in [1.165, 1.54) is 11.3 Å². The fraction of sp³-hybridized carbons (Fsp3) is 0.190. The highest BCUT2D eigenvalue weighted by atomic mass is 32.1. The van der Waals surface area contributed by atoms with Gasteiger partial charge in [-0.1, -0.05) is 29.0 Å². The highest BCUT2D eigenvalue weighted by Gasteiger charge is 2.13. The van der Waals surface area contributed by atoms with E-state index in [1.807, 2.05) is 51.1 Å². The molecule has 6 nitrogen and oxygen atoms in total. The number of hydrogen-bond donors (Lipinski definition) is 1. The van der Waals surface area contributed by atoms with Crippen molar-refractivity contribution in [2.75, 3.05) is 7.11 Å². The molecule has 0 bridgehead atoms. The van der Waals surface area contributed by atoms with Crippen LogP contribution in [-0.2, 0) is 0 Å². The van der Waals surface area contributed by atoms with Gasteiger partial charge in [-0.25, -0.2) is 14.7 Å². The second kappa shape index (κ2) is 7.09. The lowest BCUT2D eigenvalue weighted by atomic mass is 10.1. The van der Waals surface area contributed by atoms with Crippen LogP contribution in [0.4, 0.5) is 5.13 Å². The van der Waals surface area contributed by atoms with Gasteiger partial charge in [0.1, 0.15) is 5.75 Å². The summed E-state index contributed by atoms with van der Waals surface area (Å²) in [5.74, 6) is 0.782. The van der Waals surface area contributed by atoms with Gasteiger partial charge in [-0.2, -0.15) is 0 Å². The molecule has 0 radical (unpaired) electrons. The standard InChI is InChI=1S/C21H20N4O2S/c1-12-5-8-18(13(2)9-12)25-20(26)16(14(3)24-25)11-22-21-23-17-7-6-15(27-4)10-19(17)28-21/h5-11,24H,1-4H3. The zero-order chi connectivity index (χ0) is 19.8. The molecule has 0 amide bonds. The van der Waals surface area contributed by atoms with E-state index in [4.69, 9.17) is 4.74 Å². The lowest BCUT2D eigenvalue weighted by Crippen LogP contribution is -2.18. The Balaban J connectivity index is 1.70. The second-order valence-electron chi connectivity index (χ2n) is 6.67. The van der Waals surface area contributed by atoms with E-state index < -0.39 is 0 Å². The molecule has 0 aliphatic heterocycles. The lowest BCUT2D eigenvalue weighted by molar-refractivity contribution is 0.415. The number of thiazole rings is 1. The van der Waals surface area contributed by atoms with Crippen LogP contribution in [0.3, 0.4) is 0 Å². The number of methoxy groups -OCH3 is 1. The van der Waals surface area contributed by atoms with Crippen molar-refractivity contribution in [1.29, 1.82) is 0 Å². The zero-order valence-electron chi connectivity index (χ0n) is 16.1. The van der Waals surface area contributed by atoms with Crippen molar-refractivity contribution >= 4 is 32.9 Å². The van der Waals surface area contributed by atoms with E-state index in [2.05, 4.69) is 21.1 Å². The van der Waals surface area contributed by atoms with E-state index in [0.29, 0.717) is 10.7 Å². The van der Waals surface area contributed by atoms with Gasteiger partial charge in [-0.05, 0) is 50.6 Å². The highest BCUT2D eigenvalue weighted by Crippen LogP contribution is 2.30. The minimum Gasteiger partial charge on any atom is -0.497 e. The summed E-state index contributed by atoms with van der Waals surface area (Å²) in [5.41, 5.74) is 5.05. The Morgan fingerprint density at radius 1 is 1.18 bits per heavy atom. The number of rotatable bonds is 4. The first-order valence-corrected chi connectivity index (χ1v) is 9.66. The fourth-order valence-electron chi connectivity index (χ4n) is 3.13. The first-order valence-electron chi connectivity index (χ1n) is 8.84. The normalized spacial score (nSPS) is 11.6. The zero-order valence-corrected chi connectivity index (χ0v) is 16.9. The average molecular weight is 392 g/mol. The van der Waals surface area contributed by atoms with Crippen LogP contribution in [0.25, 0.3) is 15.9 Å². The average Bonchev–Trinajstić information content (AvgIpc) is 3.20. The van der Waals surface area contributed by atoms with Gasteiger partial charge in [0.05, 0.1) is 28.6 Å². The number of ether oxygens (including phenoxy) is 1. The van der Waals surface area contributed by atoms with Gasteiger partial charge < -0.3 is 4.74 Å². The summed E-state index contributed by atoms with van der Waals surface area (Å²) in [6.07, 6.45) is 1.59. The van der Waals surface area contributed by atoms with E-state index in [9.17, 15) is 4.79 Å². The van der Waals surface area contributed by atoms with Gasteiger partial charge in [-0.3, -0.25) is 9.89 Å². The topological polar surface area (TPSA) is 72.3 Å². The molecule has 0 fully saturated rings. The molecule has 142 valence electrons. The van der Waals surface area contributed by atoms with E-state index in [1.54, 1.807) is 18.0 Å². The van der Waals surface area contributed by atoms with Crippen LogP contribution in [0.5, 0.6) is 5.75 Å². The molecule has 0 aliphatic carbocycles. The third-order valence-electron chi connectivity index (χ3n) is 4.60. The van der Waals surface area contributed by atoms with Crippen molar-refractivity contribution < 1.29 is 4.74 Å². The SMILES string of the molecule is COc1ccc2nc(N=Cc3c(C)[nH]n(-c4ccc(C)cc4C)c3=O)sc2c1. The van der Waals surface area contributed by atoms with Crippen LogP contribution in [-0.4, -0.2) is 28.1 Å². The third kappa shape index (κ3) is 3.25. The summed E-state index contributed by atoms with van der Waals surface area (Å²) >= 11 is 1.46. The number of aryl methyl sites for hydroxylation is 3. The fourth-order valence-corrected chi connectivity index (χ4v) is 3.97. The van der Waals surface area contributed by atoms with Crippen molar-refractivity contribution in [2.45, 2.75) is 20.8 Å². The Morgan fingerprint density at radius 3 is 2.75 bits per heavy atom. The molecule has 28 heavy (non-hydrogen) atoms. The molecule has 2 aromatic carbocycles. The smallest absolute Gasteiger partial charge is 0.280 e. The Labute approximate surface area is 166 Å². The van der Waals surface area contributed by atoms with E-state index in [0.717, 1.165) is 38.5 Å². The first-order chi connectivity index (χ1) is 13.5. The van der Waals surface area contributed by atoms with Crippen molar-refractivity contribution in [3.05, 3.63) is 69.1 Å². The quantitative estimate of drug-likeness (QED) is 0.521. The van der Waals surface area contributed by atoms with Crippen molar-refractivity contribution in [2.24, 2.45) is 4.99 Å². The van der Waals surface area contributed by atoms with Gasteiger partial charge in [-0.15, -0.1) is 0 Å². The number of benzene rings is 2.